The molecule has 0 aliphatic heterocycles. The zero-order valence-corrected chi connectivity index (χ0v) is 9.45. The second-order valence-corrected chi connectivity index (χ2v) is 4.94. The van der Waals surface area contributed by atoms with Gasteiger partial charge in [-0.05, 0) is 30.1 Å². The van der Waals surface area contributed by atoms with Crippen molar-refractivity contribution in [1.82, 2.24) is 0 Å². The van der Waals surface area contributed by atoms with Crippen molar-refractivity contribution in [2.75, 3.05) is 5.33 Å². The van der Waals surface area contributed by atoms with Crippen molar-refractivity contribution >= 4 is 15.9 Å². The average molecular weight is 219 g/mol. The molecule has 0 amide bonds. The van der Waals surface area contributed by atoms with E-state index >= 15 is 0 Å². The first-order valence-electron chi connectivity index (χ1n) is 4.68. The molecule has 1 unspecified atom stereocenters. The lowest BCUT2D eigenvalue weighted by atomic mass is 9.60. The fourth-order valence-electron chi connectivity index (χ4n) is 2.05. The van der Waals surface area contributed by atoms with Crippen LogP contribution in [0.25, 0.3) is 0 Å². The molecule has 1 atom stereocenters. The van der Waals surface area contributed by atoms with Crippen molar-refractivity contribution in [3.05, 3.63) is 0 Å². The van der Waals surface area contributed by atoms with Gasteiger partial charge in [-0.1, -0.05) is 43.1 Å². The quantitative estimate of drug-likeness (QED) is 0.632. The molecule has 66 valence electrons. The molecule has 1 heteroatoms. The zero-order valence-electron chi connectivity index (χ0n) is 7.86. The van der Waals surface area contributed by atoms with Crippen molar-refractivity contribution in [3.8, 4) is 0 Å². The summed E-state index contributed by atoms with van der Waals surface area (Å²) in [5.74, 6) is 1.73. The first-order valence-corrected chi connectivity index (χ1v) is 5.80. The maximum atomic E-state index is 3.65. The maximum Gasteiger partial charge on any atom is 0.00906 e. The van der Waals surface area contributed by atoms with Crippen LogP contribution in [-0.4, -0.2) is 5.33 Å². The number of alkyl halides is 1. The topological polar surface area (TPSA) is 0 Å². The second-order valence-electron chi connectivity index (χ2n) is 4.38. The molecule has 1 aliphatic rings. The molecule has 0 heterocycles. The van der Waals surface area contributed by atoms with Gasteiger partial charge in [-0.25, -0.2) is 0 Å². The molecule has 11 heavy (non-hydrogen) atoms. The third kappa shape index (κ3) is 1.63. The molecule has 0 saturated heterocycles. The summed E-state index contributed by atoms with van der Waals surface area (Å²) >= 11 is 3.65. The van der Waals surface area contributed by atoms with Gasteiger partial charge in [0.25, 0.3) is 0 Å². The highest BCUT2D eigenvalue weighted by molar-refractivity contribution is 9.09. The highest BCUT2D eigenvalue weighted by atomic mass is 79.9. The molecule has 0 nitrogen and oxygen atoms in total. The van der Waals surface area contributed by atoms with Crippen molar-refractivity contribution in [2.45, 2.75) is 40.0 Å². The van der Waals surface area contributed by atoms with Gasteiger partial charge in [0.1, 0.15) is 0 Å². The van der Waals surface area contributed by atoms with Crippen molar-refractivity contribution in [2.24, 2.45) is 17.3 Å². The van der Waals surface area contributed by atoms with Gasteiger partial charge in [-0.2, -0.15) is 0 Å². The van der Waals surface area contributed by atoms with Crippen LogP contribution >= 0.6 is 15.9 Å². The summed E-state index contributed by atoms with van der Waals surface area (Å²) < 4.78 is 0. The molecule has 1 aliphatic carbocycles. The summed E-state index contributed by atoms with van der Waals surface area (Å²) in [4.78, 5) is 0. The van der Waals surface area contributed by atoms with Gasteiger partial charge in [-0.15, -0.1) is 0 Å². The molecule has 0 bridgehead atoms. The Kier molecular flexibility index (Phi) is 3.02. The molecule has 0 N–H and O–H groups in total. The van der Waals surface area contributed by atoms with Crippen molar-refractivity contribution in [1.29, 1.82) is 0 Å². The van der Waals surface area contributed by atoms with Gasteiger partial charge in [0, 0.05) is 5.33 Å². The third-order valence-corrected chi connectivity index (χ3v) is 4.70. The average Bonchev–Trinajstić information content (AvgIpc) is 1.86. The lowest BCUT2D eigenvalue weighted by molar-refractivity contribution is 0.0604. The normalized spacial score (nSPS) is 24.8. The van der Waals surface area contributed by atoms with E-state index in [9.17, 15) is 0 Å². The van der Waals surface area contributed by atoms with E-state index in [0.29, 0.717) is 5.41 Å². The minimum Gasteiger partial charge on any atom is -0.0922 e. The van der Waals surface area contributed by atoms with Crippen LogP contribution in [0.1, 0.15) is 40.0 Å². The van der Waals surface area contributed by atoms with E-state index in [-0.39, 0.29) is 0 Å². The number of rotatable bonds is 3. The van der Waals surface area contributed by atoms with Gasteiger partial charge >= 0.3 is 0 Å². The summed E-state index contributed by atoms with van der Waals surface area (Å²) in [7, 11) is 0. The maximum absolute atomic E-state index is 3.65. The monoisotopic (exact) mass is 218 g/mol. The van der Waals surface area contributed by atoms with E-state index in [0.717, 1.165) is 11.8 Å². The Balaban J connectivity index is 2.54. The summed E-state index contributed by atoms with van der Waals surface area (Å²) in [6.45, 7) is 7.09. The van der Waals surface area contributed by atoms with Crippen LogP contribution in [-0.2, 0) is 0 Å². The van der Waals surface area contributed by atoms with Gasteiger partial charge in [0.2, 0.25) is 0 Å². The minimum absolute atomic E-state index is 0.661. The molecule has 1 rings (SSSR count). The lowest BCUT2D eigenvalue weighted by Crippen LogP contribution is -2.39. The van der Waals surface area contributed by atoms with Gasteiger partial charge in [-0.3, -0.25) is 0 Å². The molecule has 0 aromatic heterocycles. The van der Waals surface area contributed by atoms with E-state index in [1.807, 2.05) is 0 Å². The highest BCUT2D eigenvalue weighted by Crippen LogP contribution is 2.50. The van der Waals surface area contributed by atoms with Crippen LogP contribution in [0.15, 0.2) is 0 Å². The Labute approximate surface area is 78.9 Å². The van der Waals surface area contributed by atoms with Gasteiger partial charge in [0.15, 0.2) is 0 Å². The van der Waals surface area contributed by atoms with E-state index in [4.69, 9.17) is 0 Å². The van der Waals surface area contributed by atoms with E-state index < -0.39 is 0 Å². The summed E-state index contributed by atoms with van der Waals surface area (Å²) in [6.07, 6.45) is 4.33. The van der Waals surface area contributed by atoms with Crippen LogP contribution in [0.3, 0.4) is 0 Å². The first-order chi connectivity index (χ1) is 5.12. The molecule has 0 radical (unpaired) electrons. The molecule has 1 saturated carbocycles. The van der Waals surface area contributed by atoms with Crippen molar-refractivity contribution < 1.29 is 0 Å². The number of hydrogen-bond acceptors (Lipinski definition) is 0. The highest BCUT2D eigenvalue weighted by Gasteiger charge is 2.41. The fourth-order valence-corrected chi connectivity index (χ4v) is 3.12. The molecular weight excluding hydrogens is 200 g/mol. The summed E-state index contributed by atoms with van der Waals surface area (Å²) in [6, 6.07) is 0. The van der Waals surface area contributed by atoms with Crippen LogP contribution in [0.4, 0.5) is 0 Å². The molecule has 0 aromatic carbocycles. The Morgan fingerprint density at radius 1 is 1.27 bits per heavy atom. The number of halogens is 1. The summed E-state index contributed by atoms with van der Waals surface area (Å²) in [5.41, 5.74) is 0.661. The van der Waals surface area contributed by atoms with Crippen molar-refractivity contribution in [3.63, 3.8) is 0 Å². The first kappa shape index (κ1) is 9.57. The van der Waals surface area contributed by atoms with Gasteiger partial charge < -0.3 is 0 Å². The fraction of sp³-hybridized carbons (Fsp3) is 1.00. The lowest BCUT2D eigenvalue weighted by Gasteiger charge is -2.47. The molecular formula is C10H19Br. The molecule has 0 aromatic rings. The standard InChI is InChI=1S/C10H19Br/c1-8(2)9(3)10(7-11)5-4-6-10/h8-9H,4-7H2,1-3H3. The molecule has 0 spiro atoms. The van der Waals surface area contributed by atoms with Gasteiger partial charge in [0.05, 0.1) is 0 Å². The minimum atomic E-state index is 0.661. The van der Waals surface area contributed by atoms with E-state index in [1.54, 1.807) is 0 Å². The Morgan fingerprint density at radius 2 is 1.82 bits per heavy atom. The third-order valence-electron chi connectivity index (χ3n) is 3.58. The SMILES string of the molecule is CC(C)C(C)C1(CBr)CCC1. The predicted molar refractivity (Wildman–Crippen MR) is 54.1 cm³/mol. The van der Waals surface area contributed by atoms with Crippen LogP contribution in [0.2, 0.25) is 0 Å². The van der Waals surface area contributed by atoms with Crippen LogP contribution < -0.4 is 0 Å². The summed E-state index contributed by atoms with van der Waals surface area (Å²) in [5, 5.41) is 1.21. The largest absolute Gasteiger partial charge is 0.0922 e. The molecule has 1 fully saturated rings. The van der Waals surface area contributed by atoms with Crippen LogP contribution in [0, 0.1) is 17.3 Å². The Bertz CT molecular complexity index is 119. The smallest absolute Gasteiger partial charge is 0.00906 e. The predicted octanol–water partition coefficient (Wildman–Crippen LogP) is 3.84. The van der Waals surface area contributed by atoms with Crippen LogP contribution in [0.5, 0.6) is 0 Å². The van der Waals surface area contributed by atoms with E-state index in [2.05, 4.69) is 36.7 Å². The number of hydrogen-bond donors (Lipinski definition) is 0. The Morgan fingerprint density at radius 3 is 1.91 bits per heavy atom. The zero-order chi connectivity index (χ0) is 8.48. The second kappa shape index (κ2) is 3.47. The van der Waals surface area contributed by atoms with E-state index in [1.165, 1.54) is 24.6 Å². The Hall–Kier alpha value is 0.480.